The van der Waals surface area contributed by atoms with Gasteiger partial charge in [-0.15, -0.1) is 21.5 Å². The zero-order valence-corrected chi connectivity index (χ0v) is 31.1. The Labute approximate surface area is 302 Å². The number of rotatable bonds is 4. The molecule has 0 saturated carbocycles. The van der Waals surface area contributed by atoms with Gasteiger partial charge >= 0.3 is 0 Å². The number of carbonyl (C=O) groups is 2. The van der Waals surface area contributed by atoms with Gasteiger partial charge in [0.1, 0.15) is 5.69 Å². The first-order chi connectivity index (χ1) is 24.1. The van der Waals surface area contributed by atoms with Gasteiger partial charge in [-0.3, -0.25) is 14.5 Å². The normalized spacial score (nSPS) is 14.9. The van der Waals surface area contributed by atoms with E-state index in [1.165, 1.54) is 22.5 Å². The van der Waals surface area contributed by atoms with E-state index >= 15 is 0 Å². The summed E-state index contributed by atoms with van der Waals surface area (Å²) in [5.41, 5.74) is 7.74. The van der Waals surface area contributed by atoms with E-state index in [4.69, 9.17) is 15.2 Å². The van der Waals surface area contributed by atoms with Crippen LogP contribution in [0.15, 0.2) is 96.6 Å². The zero-order valence-electron chi connectivity index (χ0n) is 30.3. The molecule has 2 aliphatic carbocycles. The standard InChI is InChI=1S/C44H40N4O2S/c1-42(2,3)27-13-17-29(18-14-27)48(30-19-15-28(16-20-30)43(4,5)6)41-45-40-36(46-47-41)39-35(44(40,7)8)24-31(51-39)23-34-37(49)32-21-25-11-9-10-12-26(25)22-33(32)38(34)50/h9-24H,1-8H3. The molecule has 6 nitrogen and oxygen atoms in total. The maximum Gasteiger partial charge on any atom is 0.254 e. The summed E-state index contributed by atoms with van der Waals surface area (Å²) in [6.45, 7) is 17.6. The molecular weight excluding hydrogens is 649 g/mol. The van der Waals surface area contributed by atoms with Crippen LogP contribution >= 0.6 is 11.3 Å². The number of hydrogen-bond donors (Lipinski definition) is 0. The monoisotopic (exact) mass is 688 g/mol. The number of benzene rings is 4. The lowest BCUT2D eigenvalue weighted by Gasteiger charge is -2.27. The van der Waals surface area contributed by atoms with Crippen molar-refractivity contribution in [2.24, 2.45) is 0 Å². The third-order valence-corrected chi connectivity index (χ3v) is 11.3. The number of allylic oxidation sites excluding steroid dienone is 1. The first-order valence-electron chi connectivity index (χ1n) is 17.4. The molecule has 2 aliphatic rings. The van der Waals surface area contributed by atoms with Crippen LogP contribution in [0.5, 0.6) is 0 Å². The second-order valence-electron chi connectivity index (χ2n) is 16.2. The molecule has 4 aromatic carbocycles. The predicted octanol–water partition coefficient (Wildman–Crippen LogP) is 10.9. The number of aromatic nitrogens is 3. The zero-order chi connectivity index (χ0) is 36.0. The molecule has 7 heteroatoms. The fourth-order valence-corrected chi connectivity index (χ4v) is 8.38. The van der Waals surface area contributed by atoms with Crippen LogP contribution in [-0.2, 0) is 16.2 Å². The van der Waals surface area contributed by atoms with E-state index in [2.05, 4.69) is 115 Å². The van der Waals surface area contributed by atoms with Crippen molar-refractivity contribution >= 4 is 57.1 Å². The first-order valence-corrected chi connectivity index (χ1v) is 18.2. The Hall–Kier alpha value is -5.27. The summed E-state index contributed by atoms with van der Waals surface area (Å²) in [6, 6.07) is 30.7. The highest BCUT2D eigenvalue weighted by molar-refractivity contribution is 7.16. The van der Waals surface area contributed by atoms with Gasteiger partial charge in [-0.1, -0.05) is 104 Å². The van der Waals surface area contributed by atoms with Crippen molar-refractivity contribution < 1.29 is 9.59 Å². The number of carbonyl (C=O) groups excluding carboxylic acids is 2. The SMILES string of the molecule is CC(C)(C)c1ccc(N(c2ccc(C(C)(C)C)cc2)c2nnc3c(n2)C(C)(C)c2cc(C=C4C(=O)c5cc6ccccc6cc5C4=O)sc2-3)cc1. The molecule has 0 radical (unpaired) electrons. The number of fused-ring (bicyclic) bond motifs is 5. The Morgan fingerprint density at radius 1 is 0.686 bits per heavy atom. The number of anilines is 3. The predicted molar refractivity (Wildman–Crippen MR) is 208 cm³/mol. The molecule has 2 aromatic heterocycles. The van der Waals surface area contributed by atoms with E-state index in [0.29, 0.717) is 17.1 Å². The van der Waals surface area contributed by atoms with Crippen molar-refractivity contribution in [1.29, 1.82) is 0 Å². The molecule has 2 heterocycles. The molecular formula is C44H40N4O2S. The second-order valence-corrected chi connectivity index (χ2v) is 17.3. The molecule has 0 bridgehead atoms. The van der Waals surface area contributed by atoms with Gasteiger partial charge in [0.2, 0.25) is 0 Å². The molecule has 0 N–H and O–H groups in total. The first kappa shape index (κ1) is 32.9. The molecule has 6 aromatic rings. The van der Waals surface area contributed by atoms with Gasteiger partial charge in [-0.25, -0.2) is 4.98 Å². The van der Waals surface area contributed by atoms with E-state index in [1.54, 1.807) is 6.08 Å². The average Bonchev–Trinajstić information content (AvgIpc) is 3.69. The van der Waals surface area contributed by atoms with E-state index < -0.39 is 5.41 Å². The Bertz CT molecular complexity index is 2330. The molecule has 0 unspecified atom stereocenters. The smallest absolute Gasteiger partial charge is 0.254 e. The molecule has 51 heavy (non-hydrogen) atoms. The van der Waals surface area contributed by atoms with Crippen LogP contribution in [0.3, 0.4) is 0 Å². The van der Waals surface area contributed by atoms with E-state index in [9.17, 15) is 9.59 Å². The lowest BCUT2D eigenvalue weighted by atomic mass is 9.86. The quantitative estimate of drug-likeness (QED) is 0.136. The molecule has 0 saturated heterocycles. The van der Waals surface area contributed by atoms with Gasteiger partial charge in [0.15, 0.2) is 11.6 Å². The Morgan fingerprint density at radius 2 is 1.20 bits per heavy atom. The molecule has 0 atom stereocenters. The number of thiophene rings is 1. The minimum Gasteiger partial charge on any atom is -0.288 e. The van der Waals surface area contributed by atoms with Gasteiger partial charge in [-0.2, -0.15) is 0 Å². The van der Waals surface area contributed by atoms with Gasteiger partial charge in [-0.05, 0) is 86.8 Å². The Morgan fingerprint density at radius 3 is 1.69 bits per heavy atom. The van der Waals surface area contributed by atoms with Crippen molar-refractivity contribution in [2.75, 3.05) is 4.90 Å². The van der Waals surface area contributed by atoms with Gasteiger partial charge in [0.05, 0.1) is 16.1 Å². The van der Waals surface area contributed by atoms with E-state index in [0.717, 1.165) is 48.9 Å². The minimum absolute atomic E-state index is 0.0244. The highest BCUT2D eigenvalue weighted by atomic mass is 32.1. The maximum absolute atomic E-state index is 13.5. The maximum atomic E-state index is 13.5. The third-order valence-electron chi connectivity index (χ3n) is 10.2. The van der Waals surface area contributed by atoms with Crippen molar-refractivity contribution in [1.82, 2.24) is 15.2 Å². The van der Waals surface area contributed by atoms with Crippen molar-refractivity contribution in [3.8, 4) is 10.6 Å². The molecule has 254 valence electrons. The van der Waals surface area contributed by atoms with Crippen LogP contribution in [0, 0.1) is 0 Å². The highest BCUT2D eigenvalue weighted by Gasteiger charge is 2.42. The molecule has 0 aliphatic heterocycles. The van der Waals surface area contributed by atoms with Crippen molar-refractivity contribution in [3.05, 3.63) is 135 Å². The molecule has 8 rings (SSSR count). The molecule has 0 amide bonds. The fourth-order valence-electron chi connectivity index (χ4n) is 7.13. The van der Waals surface area contributed by atoms with Crippen LogP contribution in [0.4, 0.5) is 17.3 Å². The van der Waals surface area contributed by atoms with Gasteiger partial charge in [0.25, 0.3) is 5.95 Å². The lowest BCUT2D eigenvalue weighted by Crippen LogP contribution is -2.21. The van der Waals surface area contributed by atoms with Crippen molar-refractivity contribution in [3.63, 3.8) is 0 Å². The van der Waals surface area contributed by atoms with Crippen LogP contribution in [-0.4, -0.2) is 26.7 Å². The summed E-state index contributed by atoms with van der Waals surface area (Å²) < 4.78 is 0. The molecule has 0 spiro atoms. The molecule has 0 fully saturated rings. The topological polar surface area (TPSA) is 76.1 Å². The average molecular weight is 689 g/mol. The largest absolute Gasteiger partial charge is 0.288 e. The van der Waals surface area contributed by atoms with Gasteiger partial charge in [0, 0.05) is 32.8 Å². The lowest BCUT2D eigenvalue weighted by molar-refractivity contribution is 0.0990. The minimum atomic E-state index is -0.481. The second kappa shape index (κ2) is 11.4. The van der Waals surface area contributed by atoms with Gasteiger partial charge < -0.3 is 0 Å². The van der Waals surface area contributed by atoms with Crippen LogP contribution in [0.25, 0.3) is 27.4 Å². The number of hydrogen-bond acceptors (Lipinski definition) is 7. The highest BCUT2D eigenvalue weighted by Crippen LogP contribution is 2.52. The van der Waals surface area contributed by atoms with Crippen LogP contribution < -0.4 is 4.90 Å². The number of ketones is 2. The summed E-state index contributed by atoms with van der Waals surface area (Å²) >= 11 is 1.52. The summed E-state index contributed by atoms with van der Waals surface area (Å²) in [5.74, 6) is 0.0381. The Balaban J connectivity index is 1.18. The van der Waals surface area contributed by atoms with Crippen LogP contribution in [0.2, 0.25) is 0 Å². The summed E-state index contributed by atoms with van der Waals surface area (Å²) in [5, 5.41) is 11.5. The van der Waals surface area contributed by atoms with Crippen LogP contribution in [0.1, 0.15) is 103 Å². The van der Waals surface area contributed by atoms with E-state index in [1.807, 2.05) is 36.4 Å². The fraction of sp³-hybridized carbons (Fsp3) is 0.250. The summed E-state index contributed by atoms with van der Waals surface area (Å²) in [6.07, 6.45) is 1.74. The number of Topliss-reactive ketones (excluding diaryl/α,β-unsaturated/α-hetero) is 2. The van der Waals surface area contributed by atoms with Crippen molar-refractivity contribution in [2.45, 2.75) is 71.6 Å². The third kappa shape index (κ3) is 5.42. The number of nitrogens with zero attached hydrogens (tertiary/aromatic N) is 4. The Kier molecular flexibility index (Phi) is 7.34. The summed E-state index contributed by atoms with van der Waals surface area (Å²) in [4.78, 5) is 36.1. The van der Waals surface area contributed by atoms with E-state index in [-0.39, 0.29) is 28.0 Å². The summed E-state index contributed by atoms with van der Waals surface area (Å²) in [7, 11) is 0.